The van der Waals surface area contributed by atoms with Crippen molar-refractivity contribution >= 4 is 28.0 Å². The summed E-state index contributed by atoms with van der Waals surface area (Å²) < 4.78 is 150. The molecule has 1 aliphatic heterocycles. The zero-order chi connectivity index (χ0) is 52.2. The van der Waals surface area contributed by atoms with Crippen molar-refractivity contribution in [2.24, 2.45) is 0 Å². The smallest absolute Gasteiger partial charge is 0.307 e. The lowest BCUT2D eigenvalue weighted by atomic mass is 9.73. The Hall–Kier alpha value is -7.24. The Bertz CT molecular complexity index is 3990. The lowest BCUT2D eigenvalue weighted by Gasteiger charge is -2.37. The molecule has 12 rings (SSSR count). The number of para-hydroxylation sites is 2. The number of benzene rings is 7. The lowest BCUT2D eigenvalue weighted by molar-refractivity contribution is 0.419. The van der Waals surface area contributed by atoms with Crippen LogP contribution in [0.3, 0.4) is 0 Å². The summed E-state index contributed by atoms with van der Waals surface area (Å²) in [5.41, 5.74) is 1.93. The zero-order valence-electron chi connectivity index (χ0n) is 46.0. The van der Waals surface area contributed by atoms with Gasteiger partial charge in [0.2, 0.25) is 0 Å². The molecule has 0 spiro atoms. The van der Waals surface area contributed by atoms with Crippen LogP contribution in [-0.2, 0) is 5.41 Å². The summed E-state index contributed by atoms with van der Waals surface area (Å²) in [5.74, 6) is -0.867. The van der Waals surface area contributed by atoms with Gasteiger partial charge in [0.15, 0.2) is 5.58 Å². The summed E-state index contributed by atoms with van der Waals surface area (Å²) in [5, 5.41) is 0. The van der Waals surface area contributed by atoms with E-state index in [2.05, 4.69) is 4.98 Å². The van der Waals surface area contributed by atoms with E-state index in [0.29, 0.717) is 27.8 Å². The molecule has 0 saturated heterocycles. The van der Waals surface area contributed by atoms with Crippen molar-refractivity contribution in [1.29, 1.82) is 0 Å². The minimum Gasteiger partial charge on any atom is -0.456 e. The van der Waals surface area contributed by atoms with Crippen LogP contribution < -0.4 is 4.74 Å². The Balaban J connectivity index is 1.17. The molecule has 0 bridgehead atoms. The van der Waals surface area contributed by atoms with E-state index < -0.39 is 67.9 Å². The number of fused-ring (bicyclic) bond motifs is 15. The molecular weight excluding hydrogens is 723 g/mol. The third kappa shape index (κ3) is 4.73. The first-order valence-corrected chi connectivity index (χ1v) is 19.1. The van der Waals surface area contributed by atoms with Gasteiger partial charge in [0.1, 0.15) is 11.5 Å². The zero-order valence-corrected chi connectivity index (χ0v) is 31.0. The highest BCUT2D eigenvalue weighted by Crippen LogP contribution is 2.55. The second kappa shape index (κ2) is 12.1. The molecule has 0 fully saturated rings. The summed E-state index contributed by atoms with van der Waals surface area (Å²) >= 11 is 0. The second-order valence-electron chi connectivity index (χ2n) is 15.0. The number of imidazole rings is 1. The molecule has 0 saturated carbocycles. The molecule has 5 nitrogen and oxygen atoms in total. The van der Waals surface area contributed by atoms with Crippen molar-refractivity contribution in [1.82, 2.24) is 14.4 Å². The summed E-state index contributed by atoms with van der Waals surface area (Å²) in [6.07, 6.45) is 1.71. The molecule has 7 aromatic carbocycles. The Morgan fingerprint density at radius 3 is 2.10 bits per heavy atom. The van der Waals surface area contributed by atoms with Gasteiger partial charge in [-0.1, -0.05) is 111 Å². The largest absolute Gasteiger partial charge is 0.456 e. The number of oxazole rings is 1. The number of hydrogen-bond acceptors (Lipinski definition) is 4. The van der Waals surface area contributed by atoms with Crippen LogP contribution >= 0.6 is 0 Å². The Labute approximate surface area is 363 Å². The highest BCUT2D eigenvalue weighted by molar-refractivity contribution is 6.03. The van der Waals surface area contributed by atoms with E-state index >= 15 is 0 Å². The van der Waals surface area contributed by atoms with Crippen LogP contribution in [0.2, 0.25) is 0 Å². The Morgan fingerprint density at radius 2 is 1.27 bits per heavy atom. The molecule has 0 N–H and O–H groups in total. The van der Waals surface area contributed by atoms with Gasteiger partial charge in [-0.05, 0) is 119 Å². The fraction of sp³-hybridized carbons (Fsp3) is 0.111. The third-order valence-electron chi connectivity index (χ3n) is 11.8. The predicted molar refractivity (Wildman–Crippen MR) is 239 cm³/mol. The topological polar surface area (TPSA) is 52.6 Å². The van der Waals surface area contributed by atoms with E-state index in [1.807, 2.05) is 66.7 Å². The van der Waals surface area contributed by atoms with Gasteiger partial charge in [0.25, 0.3) is 0 Å². The van der Waals surface area contributed by atoms with E-state index in [4.69, 9.17) is 26.5 Å². The average molecular weight is 777 g/mol. The number of rotatable bonds is 2. The van der Waals surface area contributed by atoms with Gasteiger partial charge in [0, 0.05) is 65.6 Å². The molecule has 0 unspecified atom stereocenters. The van der Waals surface area contributed by atoms with Crippen LogP contribution in [-0.4, -0.2) is 14.4 Å². The molecule has 3 aromatic heterocycles. The number of aryl methyl sites for hydroxylation is 3. The van der Waals surface area contributed by atoms with E-state index in [9.17, 15) is 8.22 Å². The minimum atomic E-state index is -3.51. The van der Waals surface area contributed by atoms with Gasteiger partial charge in [-0.15, -0.1) is 0 Å². The highest BCUT2D eigenvalue weighted by atomic mass is 16.5. The molecule has 0 amide bonds. The van der Waals surface area contributed by atoms with Crippen molar-refractivity contribution in [2.75, 3.05) is 0 Å². The van der Waals surface area contributed by atoms with Crippen molar-refractivity contribution in [3.05, 3.63) is 174 Å². The maximum Gasteiger partial charge on any atom is 0.307 e. The number of hydrogen-bond donors (Lipinski definition) is 0. The molecule has 5 heteroatoms. The van der Waals surface area contributed by atoms with Crippen molar-refractivity contribution < 1.29 is 29.7 Å². The SMILES string of the molecule is [2H]C([2H])([2H])c1cc2c(cc1-c1c(C([2H])([2H])[2H])ccc3c1oc1nc4ccccc4n13)C(C([2H])([2H])[2H])(C([2H])([2H])[2H])c1ccc(C([2H])([2H])[2H])c(-c3ccc4c(c3)-c3ccccc3-c3ncccc3-c3ccccc3-4)c1O2. The average Bonchev–Trinajstić information content (AvgIpc) is 3.90. The molecule has 4 heterocycles. The molecule has 10 aromatic rings. The molecular formula is C54H39N3O2. The summed E-state index contributed by atoms with van der Waals surface area (Å²) in [7, 11) is 0. The van der Waals surface area contributed by atoms with Crippen LogP contribution in [0.1, 0.15) is 62.1 Å². The van der Waals surface area contributed by atoms with Crippen molar-refractivity contribution in [3.63, 3.8) is 0 Å². The first-order chi connectivity index (χ1) is 34.9. The fourth-order valence-corrected chi connectivity index (χ4v) is 9.08. The summed E-state index contributed by atoms with van der Waals surface area (Å²) in [4.78, 5) is 9.41. The number of nitrogens with zero attached hydrogens (tertiary/aromatic N) is 3. The fourth-order valence-electron chi connectivity index (χ4n) is 9.08. The van der Waals surface area contributed by atoms with Gasteiger partial charge < -0.3 is 9.15 Å². The van der Waals surface area contributed by atoms with Crippen LogP contribution in [0.15, 0.2) is 150 Å². The molecule has 0 radical (unpaired) electrons. The maximum atomic E-state index is 9.35. The first kappa shape index (κ1) is 22.1. The Morgan fingerprint density at radius 1 is 0.559 bits per heavy atom. The van der Waals surface area contributed by atoms with Gasteiger partial charge in [-0.3, -0.25) is 9.38 Å². The van der Waals surface area contributed by atoms with E-state index in [1.54, 1.807) is 47.0 Å². The van der Waals surface area contributed by atoms with Gasteiger partial charge in [-0.2, -0.15) is 4.98 Å². The summed E-state index contributed by atoms with van der Waals surface area (Å²) in [6, 6.07) is 38.9. The standard InChI is InChI=1S/C54H39N3O2/c1-30-20-24-42-51(48(30)33-22-23-37-34-13-6-7-14-35(34)39-17-12-26-55-50(39)38-16-9-8-15-36(38)41(37)28-33)58-47-27-32(3)40(29-43(47)54(42,4)5)49-31(2)21-25-46-52(49)59-53-56-44-18-10-11-19-45(44)57(46)53/h6-29H,1-5H3/i1D3,2D3,3D3,4D3,5D3. The van der Waals surface area contributed by atoms with Crippen molar-refractivity contribution in [3.8, 4) is 78.4 Å². The Kier molecular flexibility index (Phi) is 4.54. The van der Waals surface area contributed by atoms with E-state index in [-0.39, 0.29) is 44.8 Å². The van der Waals surface area contributed by atoms with Gasteiger partial charge >= 0.3 is 5.84 Å². The van der Waals surface area contributed by atoms with E-state index in [0.717, 1.165) is 51.6 Å². The number of aromatic nitrogens is 3. The van der Waals surface area contributed by atoms with Gasteiger partial charge in [-0.25, -0.2) is 0 Å². The normalized spacial score (nSPS) is 18.3. The molecule has 0 atom stereocenters. The number of ether oxygens (including phenoxy) is 1. The number of pyridine rings is 1. The molecule has 59 heavy (non-hydrogen) atoms. The van der Waals surface area contributed by atoms with Crippen LogP contribution in [0.5, 0.6) is 11.5 Å². The molecule has 2 aliphatic rings. The van der Waals surface area contributed by atoms with Crippen LogP contribution in [0, 0.1) is 20.6 Å². The maximum absolute atomic E-state index is 9.35. The van der Waals surface area contributed by atoms with Gasteiger partial charge in [0.05, 0.1) is 22.2 Å². The molecule has 282 valence electrons. The molecule has 1 aliphatic carbocycles. The van der Waals surface area contributed by atoms with Crippen molar-refractivity contribution in [2.45, 2.75) is 39.7 Å². The highest BCUT2D eigenvalue weighted by Gasteiger charge is 2.37. The van der Waals surface area contributed by atoms with Crippen LogP contribution in [0.25, 0.3) is 94.9 Å². The van der Waals surface area contributed by atoms with Crippen LogP contribution in [0.4, 0.5) is 0 Å². The summed E-state index contributed by atoms with van der Waals surface area (Å²) in [6.45, 7) is -15.9. The van der Waals surface area contributed by atoms with E-state index in [1.165, 1.54) is 18.2 Å². The quantitative estimate of drug-likeness (QED) is 0.175. The first-order valence-electron chi connectivity index (χ1n) is 26.6. The lowest BCUT2D eigenvalue weighted by Crippen LogP contribution is -2.25. The predicted octanol–water partition coefficient (Wildman–Crippen LogP) is 14.3. The minimum absolute atomic E-state index is 0.0512. The monoisotopic (exact) mass is 776 g/mol. The second-order valence-corrected chi connectivity index (χ2v) is 15.0. The third-order valence-corrected chi connectivity index (χ3v) is 11.8.